The van der Waals surface area contributed by atoms with Crippen molar-refractivity contribution in [2.75, 3.05) is 0 Å². The molecule has 2 fully saturated rings. The minimum atomic E-state index is -4.71. The maximum atomic E-state index is 13.4. The SMILES string of the molecule is Cl.NC(=O)C1CC2(c3ccc(F)c(C(F)(F)F)c3)CCCC12. The molecule has 1 aromatic carbocycles. The van der Waals surface area contributed by atoms with Gasteiger partial charge in [-0.3, -0.25) is 4.79 Å². The maximum absolute atomic E-state index is 13.4. The number of benzene rings is 1. The summed E-state index contributed by atoms with van der Waals surface area (Å²) in [5, 5.41) is 0. The Morgan fingerprint density at radius 3 is 2.59 bits per heavy atom. The van der Waals surface area contributed by atoms with Gasteiger partial charge >= 0.3 is 6.18 Å². The second-order valence-electron chi connectivity index (χ2n) is 6.06. The first-order valence-corrected chi connectivity index (χ1v) is 6.92. The third-order valence-corrected chi connectivity index (χ3v) is 5.13. The fraction of sp³-hybridized carbons (Fsp3) is 0.533. The Labute approximate surface area is 131 Å². The van der Waals surface area contributed by atoms with Gasteiger partial charge < -0.3 is 5.73 Å². The summed E-state index contributed by atoms with van der Waals surface area (Å²) in [4.78, 5) is 11.4. The molecule has 2 aliphatic rings. The van der Waals surface area contributed by atoms with Crippen molar-refractivity contribution in [3.05, 3.63) is 35.1 Å². The van der Waals surface area contributed by atoms with Crippen LogP contribution >= 0.6 is 12.4 Å². The summed E-state index contributed by atoms with van der Waals surface area (Å²) < 4.78 is 51.9. The summed E-state index contributed by atoms with van der Waals surface area (Å²) in [5.41, 5.74) is 4.15. The van der Waals surface area contributed by atoms with Crippen molar-refractivity contribution in [3.8, 4) is 0 Å². The summed E-state index contributed by atoms with van der Waals surface area (Å²) in [5.74, 6) is -1.94. The van der Waals surface area contributed by atoms with E-state index in [1.165, 1.54) is 6.07 Å². The third kappa shape index (κ3) is 2.37. The highest BCUT2D eigenvalue weighted by molar-refractivity contribution is 5.85. The lowest BCUT2D eigenvalue weighted by molar-refractivity contribution is -0.140. The second-order valence-corrected chi connectivity index (χ2v) is 6.06. The molecule has 1 amide bonds. The van der Waals surface area contributed by atoms with E-state index in [1.807, 2.05) is 0 Å². The van der Waals surface area contributed by atoms with Crippen molar-refractivity contribution in [2.45, 2.75) is 37.3 Å². The standard InChI is InChI=1S/C15H15F4NO.ClH/c16-12-4-3-8(6-11(12)15(17,18)19)14-5-1-2-10(14)9(7-14)13(20)21;/h3-4,6,9-10H,1-2,5,7H2,(H2,20,21);1H. The Morgan fingerprint density at radius 2 is 2.00 bits per heavy atom. The molecule has 2 nitrogen and oxygen atoms in total. The van der Waals surface area contributed by atoms with Crippen LogP contribution in [0, 0.1) is 17.7 Å². The number of hydrogen-bond acceptors (Lipinski definition) is 1. The summed E-state index contributed by atoms with van der Waals surface area (Å²) in [7, 11) is 0. The van der Waals surface area contributed by atoms with E-state index in [0.717, 1.165) is 31.4 Å². The Balaban J connectivity index is 0.00000176. The van der Waals surface area contributed by atoms with Gasteiger partial charge in [-0.1, -0.05) is 12.5 Å². The van der Waals surface area contributed by atoms with Crippen LogP contribution in [-0.2, 0) is 16.4 Å². The van der Waals surface area contributed by atoms with Gasteiger partial charge in [0.15, 0.2) is 0 Å². The number of carbonyl (C=O) groups is 1. The lowest BCUT2D eigenvalue weighted by atomic mass is 9.52. The number of hydrogen-bond donors (Lipinski definition) is 1. The Hall–Kier alpha value is -1.30. The van der Waals surface area contributed by atoms with Crippen LogP contribution in [-0.4, -0.2) is 5.91 Å². The van der Waals surface area contributed by atoms with Crippen LogP contribution in [0.5, 0.6) is 0 Å². The predicted octanol–water partition coefficient (Wildman–Crippen LogP) is 3.81. The average molecular weight is 338 g/mol. The van der Waals surface area contributed by atoms with E-state index in [1.54, 1.807) is 0 Å². The first kappa shape index (κ1) is 17.1. The van der Waals surface area contributed by atoms with Crippen molar-refractivity contribution in [1.29, 1.82) is 0 Å². The molecule has 0 aromatic heterocycles. The zero-order valence-corrected chi connectivity index (χ0v) is 12.4. The number of halogens is 5. The first-order valence-electron chi connectivity index (χ1n) is 6.92. The zero-order valence-electron chi connectivity index (χ0n) is 11.6. The molecule has 3 rings (SSSR count). The van der Waals surface area contributed by atoms with Crippen molar-refractivity contribution in [3.63, 3.8) is 0 Å². The van der Waals surface area contributed by atoms with Crippen LogP contribution < -0.4 is 5.73 Å². The van der Waals surface area contributed by atoms with Crippen LogP contribution in [0.1, 0.15) is 36.8 Å². The zero-order chi connectivity index (χ0) is 15.4. The van der Waals surface area contributed by atoms with Crippen LogP contribution in [0.25, 0.3) is 0 Å². The monoisotopic (exact) mass is 337 g/mol. The van der Waals surface area contributed by atoms with Gasteiger partial charge in [0, 0.05) is 5.92 Å². The van der Waals surface area contributed by atoms with E-state index in [9.17, 15) is 22.4 Å². The molecule has 0 spiro atoms. The quantitative estimate of drug-likeness (QED) is 0.819. The molecular weight excluding hydrogens is 322 g/mol. The summed E-state index contributed by atoms with van der Waals surface area (Å²) in [6.07, 6.45) is -1.88. The van der Waals surface area contributed by atoms with Crippen LogP contribution in [0.2, 0.25) is 0 Å². The van der Waals surface area contributed by atoms with Crippen molar-refractivity contribution in [2.24, 2.45) is 17.6 Å². The van der Waals surface area contributed by atoms with E-state index in [0.29, 0.717) is 12.0 Å². The molecule has 3 unspecified atom stereocenters. The van der Waals surface area contributed by atoms with Gasteiger partial charge in [0.1, 0.15) is 5.82 Å². The summed E-state index contributed by atoms with van der Waals surface area (Å²) in [6, 6.07) is 3.20. The maximum Gasteiger partial charge on any atom is 0.419 e. The minimum absolute atomic E-state index is 0. The number of amides is 1. The molecule has 2 saturated carbocycles. The van der Waals surface area contributed by atoms with Crippen molar-refractivity contribution >= 4 is 18.3 Å². The number of carbonyl (C=O) groups excluding carboxylic acids is 1. The molecule has 1 aromatic rings. The molecule has 0 heterocycles. The van der Waals surface area contributed by atoms with E-state index >= 15 is 0 Å². The fourth-order valence-electron chi connectivity index (χ4n) is 4.14. The topological polar surface area (TPSA) is 43.1 Å². The molecule has 0 radical (unpaired) electrons. The number of primary amides is 1. The Kier molecular flexibility index (Phi) is 4.19. The molecule has 2 aliphatic carbocycles. The summed E-state index contributed by atoms with van der Waals surface area (Å²) >= 11 is 0. The van der Waals surface area contributed by atoms with Gasteiger partial charge in [-0.25, -0.2) is 4.39 Å². The average Bonchev–Trinajstić information content (AvgIpc) is 2.66. The lowest BCUT2D eigenvalue weighted by Crippen LogP contribution is -2.53. The van der Waals surface area contributed by atoms with Gasteiger partial charge in [-0.15, -0.1) is 12.4 Å². The van der Waals surface area contributed by atoms with Gasteiger partial charge in [0.2, 0.25) is 5.91 Å². The van der Waals surface area contributed by atoms with Crippen molar-refractivity contribution < 1.29 is 22.4 Å². The molecule has 0 aliphatic heterocycles. The number of nitrogens with two attached hydrogens (primary N) is 1. The van der Waals surface area contributed by atoms with E-state index in [-0.39, 0.29) is 24.2 Å². The molecule has 0 bridgehead atoms. The minimum Gasteiger partial charge on any atom is -0.369 e. The molecule has 0 saturated heterocycles. The van der Waals surface area contributed by atoms with Crippen LogP contribution in [0.4, 0.5) is 17.6 Å². The lowest BCUT2D eigenvalue weighted by Gasteiger charge is -2.51. The number of rotatable bonds is 2. The largest absolute Gasteiger partial charge is 0.419 e. The fourth-order valence-corrected chi connectivity index (χ4v) is 4.14. The smallest absolute Gasteiger partial charge is 0.369 e. The van der Waals surface area contributed by atoms with Crippen LogP contribution in [0.3, 0.4) is 0 Å². The Bertz CT molecular complexity index is 604. The first-order chi connectivity index (χ1) is 9.75. The number of alkyl halides is 3. The summed E-state index contributed by atoms with van der Waals surface area (Å²) in [6.45, 7) is 0. The highest BCUT2D eigenvalue weighted by Gasteiger charge is 2.59. The van der Waals surface area contributed by atoms with Gasteiger partial charge in [0.05, 0.1) is 5.56 Å². The van der Waals surface area contributed by atoms with Gasteiger partial charge in [0.25, 0.3) is 0 Å². The van der Waals surface area contributed by atoms with Crippen LogP contribution in [0.15, 0.2) is 18.2 Å². The molecule has 3 atom stereocenters. The van der Waals surface area contributed by atoms with E-state index in [2.05, 4.69) is 0 Å². The normalized spacial score (nSPS) is 30.2. The van der Waals surface area contributed by atoms with E-state index < -0.39 is 28.9 Å². The van der Waals surface area contributed by atoms with Gasteiger partial charge in [-0.2, -0.15) is 13.2 Å². The second kappa shape index (κ2) is 5.41. The van der Waals surface area contributed by atoms with E-state index in [4.69, 9.17) is 5.73 Å². The van der Waals surface area contributed by atoms with Gasteiger partial charge in [-0.05, 0) is 48.3 Å². The highest BCUT2D eigenvalue weighted by atomic mass is 35.5. The molecular formula is C15H16ClF4NO. The van der Waals surface area contributed by atoms with Crippen molar-refractivity contribution in [1.82, 2.24) is 0 Å². The molecule has 2 N–H and O–H groups in total. The molecule has 122 valence electrons. The molecule has 22 heavy (non-hydrogen) atoms. The highest BCUT2D eigenvalue weighted by Crippen LogP contribution is 2.62. The Morgan fingerprint density at radius 1 is 1.32 bits per heavy atom. The molecule has 7 heteroatoms. The predicted molar refractivity (Wildman–Crippen MR) is 75.0 cm³/mol. The number of fused-ring (bicyclic) bond motifs is 1. The third-order valence-electron chi connectivity index (χ3n) is 5.13.